The number of fused-ring (bicyclic) bond motifs is 1. The van der Waals surface area contributed by atoms with Crippen LogP contribution in [-0.4, -0.2) is 37.1 Å². The molecule has 8 heteroatoms. The Morgan fingerprint density at radius 1 is 1.43 bits per heavy atom. The molecule has 3 N–H and O–H groups in total. The fourth-order valence-electron chi connectivity index (χ4n) is 2.50. The van der Waals surface area contributed by atoms with Crippen molar-refractivity contribution in [3.05, 3.63) is 24.4 Å². The lowest BCUT2D eigenvalue weighted by molar-refractivity contribution is 0.0200. The number of anilines is 1. The number of nitrogen functional groups attached to an aromatic ring is 1. The number of ether oxygens (including phenoxy) is 1. The number of sulfonamides is 1. The SMILES string of the molecule is Nc1nc2ccccn2c1S(=O)(=O)NCC1CCCCO1. The van der Waals surface area contributed by atoms with Crippen LogP contribution in [0.15, 0.2) is 29.4 Å². The van der Waals surface area contributed by atoms with E-state index in [1.165, 1.54) is 4.40 Å². The van der Waals surface area contributed by atoms with Gasteiger partial charge in [-0.25, -0.2) is 18.1 Å². The number of imidazole rings is 1. The van der Waals surface area contributed by atoms with E-state index in [0.717, 1.165) is 19.3 Å². The first-order valence-electron chi connectivity index (χ1n) is 6.92. The van der Waals surface area contributed by atoms with E-state index in [0.29, 0.717) is 12.3 Å². The van der Waals surface area contributed by atoms with Crippen LogP contribution in [0.1, 0.15) is 19.3 Å². The maximum Gasteiger partial charge on any atom is 0.260 e. The lowest BCUT2D eigenvalue weighted by atomic mass is 10.1. The van der Waals surface area contributed by atoms with Crippen LogP contribution in [0.25, 0.3) is 5.65 Å². The van der Waals surface area contributed by atoms with Gasteiger partial charge in [0.1, 0.15) is 5.65 Å². The molecule has 1 aliphatic rings. The summed E-state index contributed by atoms with van der Waals surface area (Å²) in [5.41, 5.74) is 6.27. The highest BCUT2D eigenvalue weighted by molar-refractivity contribution is 7.89. The molecule has 0 aromatic carbocycles. The molecule has 7 nitrogen and oxygen atoms in total. The molecule has 0 bridgehead atoms. The van der Waals surface area contributed by atoms with E-state index in [-0.39, 0.29) is 23.5 Å². The molecule has 1 fully saturated rings. The van der Waals surface area contributed by atoms with Gasteiger partial charge in [-0.05, 0) is 31.4 Å². The van der Waals surface area contributed by atoms with Crippen molar-refractivity contribution >= 4 is 21.5 Å². The Hall–Kier alpha value is -1.64. The van der Waals surface area contributed by atoms with Crippen LogP contribution < -0.4 is 10.5 Å². The van der Waals surface area contributed by atoms with Crippen molar-refractivity contribution in [1.29, 1.82) is 0 Å². The minimum Gasteiger partial charge on any atom is -0.381 e. The van der Waals surface area contributed by atoms with Crippen LogP contribution in [-0.2, 0) is 14.8 Å². The van der Waals surface area contributed by atoms with Gasteiger partial charge in [-0.15, -0.1) is 0 Å². The second kappa shape index (κ2) is 5.63. The number of hydrogen-bond donors (Lipinski definition) is 2. The highest BCUT2D eigenvalue weighted by Crippen LogP contribution is 2.20. The fraction of sp³-hybridized carbons (Fsp3) is 0.462. The fourth-order valence-corrected chi connectivity index (χ4v) is 3.77. The predicted molar refractivity (Wildman–Crippen MR) is 78.4 cm³/mol. The number of nitrogens with two attached hydrogens (primary N) is 1. The van der Waals surface area contributed by atoms with E-state index in [1.807, 2.05) is 0 Å². The van der Waals surface area contributed by atoms with E-state index in [1.54, 1.807) is 24.4 Å². The Kier molecular flexibility index (Phi) is 3.83. The topological polar surface area (TPSA) is 98.7 Å². The van der Waals surface area contributed by atoms with E-state index in [2.05, 4.69) is 9.71 Å². The number of nitrogens with one attached hydrogen (secondary N) is 1. The van der Waals surface area contributed by atoms with E-state index in [4.69, 9.17) is 10.5 Å². The van der Waals surface area contributed by atoms with Gasteiger partial charge >= 0.3 is 0 Å². The van der Waals surface area contributed by atoms with Crippen molar-refractivity contribution in [1.82, 2.24) is 14.1 Å². The Labute approximate surface area is 123 Å². The van der Waals surface area contributed by atoms with Crippen molar-refractivity contribution in [3.8, 4) is 0 Å². The monoisotopic (exact) mass is 310 g/mol. The van der Waals surface area contributed by atoms with Crippen LogP contribution in [0.5, 0.6) is 0 Å². The molecule has 1 aliphatic heterocycles. The Bertz CT molecular complexity index is 735. The number of rotatable bonds is 4. The maximum absolute atomic E-state index is 12.5. The molecular formula is C13H18N4O3S. The summed E-state index contributed by atoms with van der Waals surface area (Å²) in [7, 11) is -3.73. The highest BCUT2D eigenvalue weighted by atomic mass is 32.2. The normalized spacial score (nSPS) is 19.9. The van der Waals surface area contributed by atoms with Crippen LogP contribution >= 0.6 is 0 Å². The summed E-state index contributed by atoms with van der Waals surface area (Å²) < 4.78 is 34.5. The summed E-state index contributed by atoms with van der Waals surface area (Å²) in [6.45, 7) is 0.936. The second-order valence-corrected chi connectivity index (χ2v) is 6.75. The molecule has 21 heavy (non-hydrogen) atoms. The summed E-state index contributed by atoms with van der Waals surface area (Å²) in [4.78, 5) is 4.06. The van der Waals surface area contributed by atoms with E-state index in [9.17, 15) is 8.42 Å². The first-order chi connectivity index (χ1) is 10.1. The average molecular weight is 310 g/mol. The molecular weight excluding hydrogens is 292 g/mol. The quantitative estimate of drug-likeness (QED) is 0.869. The van der Waals surface area contributed by atoms with Crippen LogP contribution in [0.4, 0.5) is 5.82 Å². The van der Waals surface area contributed by atoms with Crippen LogP contribution in [0.2, 0.25) is 0 Å². The van der Waals surface area contributed by atoms with Gasteiger partial charge in [0.25, 0.3) is 10.0 Å². The first kappa shape index (κ1) is 14.3. The molecule has 0 spiro atoms. The lowest BCUT2D eigenvalue weighted by Crippen LogP contribution is -2.36. The molecule has 1 saturated heterocycles. The molecule has 0 radical (unpaired) electrons. The molecule has 1 atom stereocenters. The van der Waals surface area contributed by atoms with Gasteiger partial charge in [0.05, 0.1) is 6.10 Å². The predicted octanol–water partition coefficient (Wildman–Crippen LogP) is 0.764. The Morgan fingerprint density at radius 2 is 2.29 bits per heavy atom. The van der Waals surface area contributed by atoms with Gasteiger partial charge in [-0.1, -0.05) is 6.07 Å². The van der Waals surface area contributed by atoms with Gasteiger partial charge < -0.3 is 10.5 Å². The Balaban J connectivity index is 1.84. The number of aromatic nitrogens is 2. The smallest absolute Gasteiger partial charge is 0.260 e. The molecule has 1 unspecified atom stereocenters. The second-order valence-electron chi connectivity index (χ2n) is 5.07. The third-order valence-electron chi connectivity index (χ3n) is 3.54. The maximum atomic E-state index is 12.5. The van der Waals surface area contributed by atoms with Gasteiger partial charge in [-0.3, -0.25) is 4.40 Å². The molecule has 0 saturated carbocycles. The van der Waals surface area contributed by atoms with Crippen LogP contribution in [0.3, 0.4) is 0 Å². The molecule has 0 amide bonds. The van der Waals surface area contributed by atoms with Gasteiger partial charge in [0.2, 0.25) is 0 Å². The van der Waals surface area contributed by atoms with Crippen LogP contribution in [0, 0.1) is 0 Å². The van der Waals surface area contributed by atoms with Crippen molar-refractivity contribution in [2.45, 2.75) is 30.4 Å². The molecule has 3 heterocycles. The summed E-state index contributed by atoms with van der Waals surface area (Å²) in [5.74, 6) is -0.00161. The molecule has 0 aliphatic carbocycles. The molecule has 2 aromatic rings. The largest absolute Gasteiger partial charge is 0.381 e. The van der Waals surface area contributed by atoms with Gasteiger partial charge in [-0.2, -0.15) is 0 Å². The standard InChI is InChI=1S/C13H18N4O3S/c14-12-13(17-7-3-1-6-11(17)16-12)21(18,19)15-9-10-5-2-4-8-20-10/h1,3,6-7,10,15H,2,4-5,8-9,14H2. The summed E-state index contributed by atoms with van der Waals surface area (Å²) in [6, 6.07) is 5.22. The van der Waals surface area contributed by atoms with Crippen molar-refractivity contribution in [3.63, 3.8) is 0 Å². The van der Waals surface area contributed by atoms with Crippen molar-refractivity contribution < 1.29 is 13.2 Å². The Morgan fingerprint density at radius 3 is 3.05 bits per heavy atom. The van der Waals surface area contributed by atoms with E-state index < -0.39 is 10.0 Å². The number of hydrogen-bond acceptors (Lipinski definition) is 5. The third kappa shape index (κ3) is 2.87. The minimum absolute atomic E-state index is 0.00161. The first-order valence-corrected chi connectivity index (χ1v) is 8.40. The van der Waals surface area contributed by atoms with E-state index >= 15 is 0 Å². The van der Waals surface area contributed by atoms with Gasteiger partial charge in [0.15, 0.2) is 10.8 Å². The minimum atomic E-state index is -3.73. The third-order valence-corrected chi connectivity index (χ3v) is 5.00. The summed E-state index contributed by atoms with van der Waals surface area (Å²) in [6.07, 6.45) is 4.51. The average Bonchev–Trinajstić information content (AvgIpc) is 2.83. The summed E-state index contributed by atoms with van der Waals surface area (Å²) >= 11 is 0. The molecule has 2 aromatic heterocycles. The zero-order valence-electron chi connectivity index (χ0n) is 11.5. The number of nitrogens with zero attached hydrogens (tertiary/aromatic N) is 2. The zero-order chi connectivity index (χ0) is 14.9. The van der Waals surface area contributed by atoms with Crippen molar-refractivity contribution in [2.24, 2.45) is 0 Å². The van der Waals surface area contributed by atoms with Crippen molar-refractivity contribution in [2.75, 3.05) is 18.9 Å². The summed E-state index contributed by atoms with van der Waals surface area (Å²) in [5, 5.41) is -0.0195. The molecule has 3 rings (SSSR count). The highest BCUT2D eigenvalue weighted by Gasteiger charge is 2.25. The lowest BCUT2D eigenvalue weighted by Gasteiger charge is -2.22. The number of pyridine rings is 1. The zero-order valence-corrected chi connectivity index (χ0v) is 12.3. The molecule has 114 valence electrons. The van der Waals surface area contributed by atoms with Gasteiger partial charge in [0, 0.05) is 19.3 Å².